The monoisotopic (exact) mass is 263 g/mol. The minimum atomic E-state index is -0.348. The third-order valence-electron chi connectivity index (χ3n) is 2.88. The highest BCUT2D eigenvalue weighted by Crippen LogP contribution is 2.22. The lowest BCUT2D eigenvalue weighted by atomic mass is 10.1. The largest absolute Gasteiger partial charge is 0.497 e. The number of benzene rings is 2. The van der Waals surface area contributed by atoms with Gasteiger partial charge in [-0.25, -0.2) is 8.78 Å². The number of ether oxygens (including phenoxy) is 1. The molecule has 0 aliphatic carbocycles. The zero-order chi connectivity index (χ0) is 13.8. The van der Waals surface area contributed by atoms with E-state index < -0.39 is 0 Å². The van der Waals surface area contributed by atoms with E-state index in [1.807, 2.05) is 0 Å². The lowest BCUT2D eigenvalue weighted by Crippen LogP contribution is -2.02. The Morgan fingerprint density at radius 1 is 1.05 bits per heavy atom. The van der Waals surface area contributed by atoms with E-state index in [9.17, 15) is 8.78 Å². The maximum Gasteiger partial charge on any atom is 0.146 e. The second-order valence-electron chi connectivity index (χ2n) is 4.28. The standard InChI is InChI=1S/C15H15F2NO/c1-10-7-11(3-5-13(10)16)9-18-15-8-12(19-2)4-6-14(15)17/h3-8,18H,9H2,1-2H3. The molecular weight excluding hydrogens is 248 g/mol. The van der Waals surface area contributed by atoms with E-state index in [2.05, 4.69) is 5.32 Å². The van der Waals surface area contributed by atoms with Gasteiger partial charge >= 0.3 is 0 Å². The van der Waals surface area contributed by atoms with Crippen molar-refractivity contribution in [1.29, 1.82) is 0 Å². The van der Waals surface area contributed by atoms with Gasteiger partial charge in [-0.15, -0.1) is 0 Å². The van der Waals surface area contributed by atoms with Gasteiger partial charge in [-0.2, -0.15) is 0 Å². The Labute approximate surface area is 111 Å². The third-order valence-corrected chi connectivity index (χ3v) is 2.88. The van der Waals surface area contributed by atoms with Crippen LogP contribution in [0.2, 0.25) is 0 Å². The third kappa shape index (κ3) is 3.22. The summed E-state index contributed by atoms with van der Waals surface area (Å²) in [6, 6.07) is 9.31. The molecule has 0 bridgehead atoms. The molecule has 0 saturated heterocycles. The molecule has 0 atom stereocenters. The van der Waals surface area contributed by atoms with Gasteiger partial charge in [0.25, 0.3) is 0 Å². The molecule has 2 aromatic rings. The summed E-state index contributed by atoms with van der Waals surface area (Å²) in [4.78, 5) is 0. The van der Waals surface area contributed by atoms with E-state index in [0.29, 0.717) is 23.5 Å². The van der Waals surface area contributed by atoms with Crippen molar-refractivity contribution in [3.63, 3.8) is 0 Å². The minimum absolute atomic E-state index is 0.240. The summed E-state index contributed by atoms with van der Waals surface area (Å²) in [5.74, 6) is -0.00451. The summed E-state index contributed by atoms with van der Waals surface area (Å²) in [7, 11) is 1.53. The Morgan fingerprint density at radius 3 is 2.47 bits per heavy atom. The zero-order valence-electron chi connectivity index (χ0n) is 10.8. The van der Waals surface area contributed by atoms with Crippen LogP contribution in [0.25, 0.3) is 0 Å². The van der Waals surface area contributed by atoms with Crippen LogP contribution in [0.5, 0.6) is 5.75 Å². The van der Waals surface area contributed by atoms with Gasteiger partial charge in [0.2, 0.25) is 0 Å². The Morgan fingerprint density at radius 2 is 1.79 bits per heavy atom. The fourth-order valence-corrected chi connectivity index (χ4v) is 1.78. The summed E-state index contributed by atoms with van der Waals surface area (Å²) in [5, 5.41) is 2.97. The summed E-state index contributed by atoms with van der Waals surface area (Å²) in [5.41, 5.74) is 1.83. The average Bonchev–Trinajstić information content (AvgIpc) is 2.41. The summed E-state index contributed by atoms with van der Waals surface area (Å²) < 4.78 is 31.7. The summed E-state index contributed by atoms with van der Waals surface area (Å²) in [6.45, 7) is 2.12. The Bertz CT molecular complexity index is 584. The maximum absolute atomic E-state index is 13.6. The van der Waals surface area contributed by atoms with Crippen molar-refractivity contribution >= 4 is 5.69 Å². The molecule has 0 spiro atoms. The van der Waals surface area contributed by atoms with Crippen molar-refractivity contribution < 1.29 is 13.5 Å². The molecule has 4 heteroatoms. The second kappa shape index (κ2) is 5.69. The Balaban J connectivity index is 2.11. The van der Waals surface area contributed by atoms with Crippen LogP contribution in [0.4, 0.5) is 14.5 Å². The van der Waals surface area contributed by atoms with Gasteiger partial charge in [0.1, 0.15) is 17.4 Å². The van der Waals surface area contributed by atoms with Crippen LogP contribution >= 0.6 is 0 Å². The van der Waals surface area contributed by atoms with Crippen LogP contribution in [0.15, 0.2) is 36.4 Å². The SMILES string of the molecule is COc1ccc(F)c(NCc2ccc(F)c(C)c2)c1. The highest BCUT2D eigenvalue weighted by molar-refractivity contribution is 5.50. The predicted molar refractivity (Wildman–Crippen MR) is 71.4 cm³/mol. The molecule has 2 aromatic carbocycles. The number of rotatable bonds is 4. The van der Waals surface area contributed by atoms with Gasteiger partial charge in [-0.3, -0.25) is 0 Å². The van der Waals surface area contributed by atoms with E-state index in [0.717, 1.165) is 5.56 Å². The molecule has 0 aliphatic rings. The van der Waals surface area contributed by atoms with Crippen LogP contribution < -0.4 is 10.1 Å². The van der Waals surface area contributed by atoms with Gasteiger partial charge in [0, 0.05) is 12.6 Å². The van der Waals surface area contributed by atoms with Gasteiger partial charge < -0.3 is 10.1 Å². The number of anilines is 1. The average molecular weight is 263 g/mol. The molecular formula is C15H15F2NO. The van der Waals surface area contributed by atoms with Gasteiger partial charge in [0.15, 0.2) is 0 Å². The molecule has 0 radical (unpaired) electrons. The molecule has 19 heavy (non-hydrogen) atoms. The Hall–Kier alpha value is -2.10. The van der Waals surface area contributed by atoms with Gasteiger partial charge in [-0.1, -0.05) is 12.1 Å². The van der Waals surface area contributed by atoms with Crippen molar-refractivity contribution in [2.75, 3.05) is 12.4 Å². The van der Waals surface area contributed by atoms with Crippen LogP contribution in [-0.2, 0) is 6.54 Å². The van der Waals surface area contributed by atoms with E-state index in [1.54, 1.807) is 31.2 Å². The quantitative estimate of drug-likeness (QED) is 0.903. The lowest BCUT2D eigenvalue weighted by Gasteiger charge is -2.10. The normalized spacial score (nSPS) is 10.3. The van der Waals surface area contributed by atoms with Crippen LogP contribution in [0, 0.1) is 18.6 Å². The molecule has 100 valence electrons. The van der Waals surface area contributed by atoms with Crippen LogP contribution in [0.1, 0.15) is 11.1 Å². The molecule has 0 fully saturated rings. The molecule has 0 heterocycles. The Kier molecular flexibility index (Phi) is 4.00. The van der Waals surface area contributed by atoms with Gasteiger partial charge in [-0.05, 0) is 36.2 Å². The van der Waals surface area contributed by atoms with E-state index in [4.69, 9.17) is 4.74 Å². The molecule has 2 rings (SSSR count). The van der Waals surface area contributed by atoms with E-state index in [1.165, 1.54) is 19.2 Å². The number of aryl methyl sites for hydroxylation is 1. The first-order valence-electron chi connectivity index (χ1n) is 5.92. The molecule has 2 nitrogen and oxygen atoms in total. The predicted octanol–water partition coefficient (Wildman–Crippen LogP) is 3.89. The molecule has 0 amide bonds. The van der Waals surface area contributed by atoms with Crippen molar-refractivity contribution in [3.05, 3.63) is 59.2 Å². The molecule has 0 saturated carbocycles. The second-order valence-corrected chi connectivity index (χ2v) is 4.28. The summed E-state index contributed by atoms with van der Waals surface area (Å²) >= 11 is 0. The van der Waals surface area contributed by atoms with Crippen LogP contribution in [0.3, 0.4) is 0 Å². The first kappa shape index (κ1) is 13.3. The zero-order valence-corrected chi connectivity index (χ0v) is 10.8. The number of methoxy groups -OCH3 is 1. The number of halogens is 2. The number of nitrogens with one attached hydrogen (secondary N) is 1. The van der Waals surface area contributed by atoms with Gasteiger partial charge in [0.05, 0.1) is 12.8 Å². The molecule has 0 aliphatic heterocycles. The van der Waals surface area contributed by atoms with E-state index in [-0.39, 0.29) is 11.6 Å². The van der Waals surface area contributed by atoms with Crippen molar-refractivity contribution in [1.82, 2.24) is 0 Å². The first-order chi connectivity index (χ1) is 9.10. The molecule has 0 aromatic heterocycles. The van der Waals surface area contributed by atoms with Crippen molar-refractivity contribution in [2.45, 2.75) is 13.5 Å². The number of hydrogen-bond donors (Lipinski definition) is 1. The fraction of sp³-hybridized carbons (Fsp3) is 0.200. The highest BCUT2D eigenvalue weighted by Gasteiger charge is 2.04. The minimum Gasteiger partial charge on any atom is -0.497 e. The summed E-state index contributed by atoms with van der Waals surface area (Å²) in [6.07, 6.45) is 0. The molecule has 0 unspecified atom stereocenters. The smallest absolute Gasteiger partial charge is 0.146 e. The lowest BCUT2D eigenvalue weighted by molar-refractivity contribution is 0.414. The maximum atomic E-state index is 13.6. The van der Waals surface area contributed by atoms with E-state index >= 15 is 0 Å². The fourth-order valence-electron chi connectivity index (χ4n) is 1.78. The van der Waals surface area contributed by atoms with Crippen molar-refractivity contribution in [2.24, 2.45) is 0 Å². The number of hydrogen-bond acceptors (Lipinski definition) is 2. The van der Waals surface area contributed by atoms with Crippen molar-refractivity contribution in [3.8, 4) is 5.75 Å². The molecule has 1 N–H and O–H groups in total. The topological polar surface area (TPSA) is 21.3 Å². The highest BCUT2D eigenvalue weighted by atomic mass is 19.1. The van der Waals surface area contributed by atoms with Crippen LogP contribution in [-0.4, -0.2) is 7.11 Å². The first-order valence-corrected chi connectivity index (χ1v) is 5.92.